The van der Waals surface area contributed by atoms with Gasteiger partial charge in [0.05, 0.1) is 5.60 Å². The fourth-order valence-corrected chi connectivity index (χ4v) is 4.88. The van der Waals surface area contributed by atoms with E-state index < -0.39 is 5.60 Å². The molecule has 3 aromatic rings. The van der Waals surface area contributed by atoms with Gasteiger partial charge in [-0.1, -0.05) is 36.4 Å². The van der Waals surface area contributed by atoms with Gasteiger partial charge in [0, 0.05) is 31.8 Å². The van der Waals surface area contributed by atoms with Crippen molar-refractivity contribution in [2.24, 2.45) is 0 Å². The Morgan fingerprint density at radius 1 is 1.21 bits per heavy atom. The molecule has 2 atom stereocenters. The van der Waals surface area contributed by atoms with Crippen LogP contribution in [0.5, 0.6) is 0 Å². The highest BCUT2D eigenvalue weighted by molar-refractivity contribution is 5.74. The Bertz CT molecular complexity index is 1030. The topological polar surface area (TPSA) is 75.8 Å². The second-order valence-corrected chi connectivity index (χ2v) is 8.19. The van der Waals surface area contributed by atoms with Gasteiger partial charge in [0.2, 0.25) is 0 Å². The summed E-state index contributed by atoms with van der Waals surface area (Å²) in [7, 11) is 0. The summed E-state index contributed by atoms with van der Waals surface area (Å²) in [6.07, 6.45) is 2.49. The maximum absolute atomic E-state index is 12.8. The molecule has 150 valence electrons. The van der Waals surface area contributed by atoms with Crippen LogP contribution in [-0.2, 0) is 16.9 Å². The van der Waals surface area contributed by atoms with Crippen molar-refractivity contribution in [3.63, 3.8) is 0 Å². The minimum absolute atomic E-state index is 0.0193. The molecule has 1 amide bonds. The van der Waals surface area contributed by atoms with Crippen LogP contribution in [-0.4, -0.2) is 33.2 Å². The van der Waals surface area contributed by atoms with Crippen LogP contribution in [0.3, 0.4) is 0 Å². The van der Waals surface area contributed by atoms with E-state index in [4.69, 9.17) is 9.15 Å². The molecule has 1 aromatic heterocycles. The van der Waals surface area contributed by atoms with Gasteiger partial charge >= 0.3 is 6.09 Å². The summed E-state index contributed by atoms with van der Waals surface area (Å²) in [5.41, 5.74) is 2.30. The SMILES string of the molecule is Cc1nc2ccc(C3(O)CC4CCC(C3)N4C(=O)OCc3ccccc3)cc2o1. The van der Waals surface area contributed by atoms with Gasteiger partial charge in [-0.05, 0) is 36.1 Å². The normalized spacial score (nSPS) is 26.1. The zero-order chi connectivity index (χ0) is 20.0. The number of carbonyl (C=O) groups excluding carboxylic acids is 1. The van der Waals surface area contributed by atoms with E-state index in [9.17, 15) is 9.90 Å². The Morgan fingerprint density at radius 3 is 2.66 bits per heavy atom. The lowest BCUT2D eigenvalue weighted by molar-refractivity contribution is -0.0536. The molecule has 5 rings (SSSR count). The molecule has 0 spiro atoms. The van der Waals surface area contributed by atoms with Gasteiger partial charge in [-0.3, -0.25) is 0 Å². The summed E-state index contributed by atoms with van der Waals surface area (Å²) in [5.74, 6) is 0.611. The number of benzene rings is 2. The Hall–Kier alpha value is -2.86. The smallest absolute Gasteiger partial charge is 0.410 e. The molecular formula is C23H24N2O4. The first-order valence-corrected chi connectivity index (χ1v) is 10.1. The molecular weight excluding hydrogens is 368 g/mol. The highest BCUT2D eigenvalue weighted by Gasteiger charge is 2.50. The average molecular weight is 392 g/mol. The number of nitrogens with zero attached hydrogens (tertiary/aromatic N) is 2. The van der Waals surface area contributed by atoms with E-state index in [1.807, 2.05) is 60.4 Å². The standard InChI is InChI=1S/C23H24N2O4/c1-15-24-20-10-7-17(11-21(20)29-15)23(27)12-18-8-9-19(13-23)25(18)22(26)28-14-16-5-3-2-4-6-16/h2-7,10-11,18-19,27H,8-9,12-14H2,1H3. The molecule has 3 heterocycles. The molecule has 2 aliphatic rings. The minimum atomic E-state index is -0.975. The van der Waals surface area contributed by atoms with Crippen molar-refractivity contribution in [2.75, 3.05) is 0 Å². The number of fused-ring (bicyclic) bond motifs is 3. The number of rotatable bonds is 3. The first-order chi connectivity index (χ1) is 14.0. The second-order valence-electron chi connectivity index (χ2n) is 8.19. The zero-order valence-electron chi connectivity index (χ0n) is 16.4. The van der Waals surface area contributed by atoms with Crippen LogP contribution in [0, 0.1) is 6.92 Å². The van der Waals surface area contributed by atoms with Crippen molar-refractivity contribution >= 4 is 17.2 Å². The third-order valence-corrected chi connectivity index (χ3v) is 6.22. The van der Waals surface area contributed by atoms with Crippen LogP contribution < -0.4 is 0 Å². The molecule has 2 fully saturated rings. The van der Waals surface area contributed by atoms with E-state index in [0.29, 0.717) is 24.3 Å². The van der Waals surface area contributed by atoms with Gasteiger partial charge < -0.3 is 19.2 Å². The van der Waals surface area contributed by atoms with E-state index in [2.05, 4.69) is 4.98 Å². The highest BCUT2D eigenvalue weighted by atomic mass is 16.6. The molecule has 29 heavy (non-hydrogen) atoms. The van der Waals surface area contributed by atoms with E-state index in [0.717, 1.165) is 29.5 Å². The number of piperidine rings is 1. The fraction of sp³-hybridized carbons (Fsp3) is 0.391. The Kier molecular flexibility index (Phi) is 4.32. The summed E-state index contributed by atoms with van der Waals surface area (Å²) in [5, 5.41) is 11.5. The predicted octanol–water partition coefficient (Wildman–Crippen LogP) is 4.29. The van der Waals surface area contributed by atoms with E-state index in [1.165, 1.54) is 0 Å². The van der Waals surface area contributed by atoms with Crippen molar-refractivity contribution in [3.05, 3.63) is 65.5 Å². The van der Waals surface area contributed by atoms with Gasteiger partial charge in [0.25, 0.3) is 0 Å². The number of aryl methyl sites for hydroxylation is 1. The number of aromatic nitrogens is 1. The molecule has 0 aliphatic carbocycles. The Morgan fingerprint density at radius 2 is 1.93 bits per heavy atom. The van der Waals surface area contributed by atoms with Crippen molar-refractivity contribution in [1.82, 2.24) is 9.88 Å². The zero-order valence-corrected chi connectivity index (χ0v) is 16.4. The number of oxazole rings is 1. The lowest BCUT2D eigenvalue weighted by Crippen LogP contribution is -2.52. The summed E-state index contributed by atoms with van der Waals surface area (Å²) < 4.78 is 11.2. The lowest BCUT2D eigenvalue weighted by atomic mass is 9.80. The Balaban J connectivity index is 1.32. The maximum Gasteiger partial charge on any atom is 0.410 e. The molecule has 0 saturated carbocycles. The molecule has 6 nitrogen and oxygen atoms in total. The number of hydrogen-bond donors (Lipinski definition) is 1. The molecule has 2 aliphatic heterocycles. The summed E-state index contributed by atoms with van der Waals surface area (Å²) in [6.45, 7) is 2.08. The van der Waals surface area contributed by atoms with E-state index in [1.54, 1.807) is 0 Å². The number of aliphatic hydroxyl groups is 1. The third kappa shape index (κ3) is 3.27. The van der Waals surface area contributed by atoms with Crippen LogP contribution in [0.4, 0.5) is 4.79 Å². The molecule has 6 heteroatoms. The van der Waals surface area contributed by atoms with Crippen LogP contribution in [0.15, 0.2) is 52.9 Å². The van der Waals surface area contributed by atoms with Gasteiger partial charge in [0.15, 0.2) is 11.5 Å². The van der Waals surface area contributed by atoms with Crippen LogP contribution in [0.25, 0.3) is 11.1 Å². The van der Waals surface area contributed by atoms with Crippen molar-refractivity contribution < 1.29 is 19.1 Å². The second kappa shape index (κ2) is 6.88. The van der Waals surface area contributed by atoms with E-state index >= 15 is 0 Å². The quantitative estimate of drug-likeness (QED) is 0.720. The monoisotopic (exact) mass is 392 g/mol. The Labute approximate surface area is 169 Å². The van der Waals surface area contributed by atoms with E-state index in [-0.39, 0.29) is 24.8 Å². The number of ether oxygens (including phenoxy) is 1. The fourth-order valence-electron chi connectivity index (χ4n) is 4.88. The first kappa shape index (κ1) is 18.2. The molecule has 2 bridgehead atoms. The molecule has 2 aromatic carbocycles. The first-order valence-electron chi connectivity index (χ1n) is 10.1. The maximum atomic E-state index is 12.8. The average Bonchev–Trinajstić information content (AvgIpc) is 3.23. The van der Waals surface area contributed by atoms with Crippen molar-refractivity contribution in [3.8, 4) is 0 Å². The van der Waals surface area contributed by atoms with Gasteiger partial charge in [-0.2, -0.15) is 0 Å². The predicted molar refractivity (Wildman–Crippen MR) is 107 cm³/mol. The summed E-state index contributed by atoms with van der Waals surface area (Å²) in [4.78, 5) is 18.9. The van der Waals surface area contributed by atoms with Gasteiger partial charge in [-0.25, -0.2) is 9.78 Å². The molecule has 2 saturated heterocycles. The van der Waals surface area contributed by atoms with Crippen LogP contribution in [0.1, 0.15) is 42.7 Å². The van der Waals surface area contributed by atoms with Crippen molar-refractivity contribution in [2.45, 2.75) is 56.9 Å². The summed E-state index contributed by atoms with van der Waals surface area (Å²) in [6, 6.07) is 15.3. The minimum Gasteiger partial charge on any atom is -0.445 e. The third-order valence-electron chi connectivity index (χ3n) is 6.22. The number of carbonyl (C=O) groups is 1. The largest absolute Gasteiger partial charge is 0.445 e. The highest BCUT2D eigenvalue weighted by Crippen LogP contribution is 2.46. The summed E-state index contributed by atoms with van der Waals surface area (Å²) >= 11 is 0. The van der Waals surface area contributed by atoms with Crippen molar-refractivity contribution in [1.29, 1.82) is 0 Å². The van der Waals surface area contributed by atoms with Crippen LogP contribution in [0.2, 0.25) is 0 Å². The molecule has 1 N–H and O–H groups in total. The molecule has 0 radical (unpaired) electrons. The van der Waals surface area contributed by atoms with Crippen LogP contribution >= 0.6 is 0 Å². The number of amides is 1. The van der Waals surface area contributed by atoms with Gasteiger partial charge in [-0.15, -0.1) is 0 Å². The molecule has 2 unspecified atom stereocenters. The number of hydrogen-bond acceptors (Lipinski definition) is 5. The van der Waals surface area contributed by atoms with Gasteiger partial charge in [0.1, 0.15) is 12.1 Å². The lowest BCUT2D eigenvalue weighted by Gasteiger charge is -2.43.